The van der Waals surface area contributed by atoms with Gasteiger partial charge in [0.1, 0.15) is 0 Å². The van der Waals surface area contributed by atoms with Crippen LogP contribution < -0.4 is 5.73 Å². The van der Waals surface area contributed by atoms with Crippen LogP contribution in [0.3, 0.4) is 0 Å². The Balaban J connectivity index is 1.73. The molecule has 0 saturated carbocycles. The van der Waals surface area contributed by atoms with E-state index in [4.69, 9.17) is 23.1 Å². The molecule has 1 atom stereocenters. The topological polar surface area (TPSA) is 41.6 Å². The molecular weight excluding hydrogens is 322 g/mol. The van der Waals surface area contributed by atoms with Crippen LogP contribution in [-0.4, -0.2) is 15.8 Å². The summed E-state index contributed by atoms with van der Waals surface area (Å²) in [6.45, 7) is 0. The Kier molecular flexibility index (Phi) is 3.59. The highest BCUT2D eigenvalue weighted by molar-refractivity contribution is 7.80. The Bertz CT molecular complexity index is 900. The number of thiocarbonyl (C=S) groups is 1. The Morgan fingerprint density at radius 2 is 1.96 bits per heavy atom. The summed E-state index contributed by atoms with van der Waals surface area (Å²) in [5.41, 5.74) is 8.04. The third-order valence-electron chi connectivity index (χ3n) is 4.09. The number of rotatable bonds is 2. The molecule has 1 aliphatic heterocycles. The lowest BCUT2D eigenvalue weighted by Crippen LogP contribution is -2.31. The lowest BCUT2D eigenvalue weighted by atomic mass is 10.00. The van der Waals surface area contributed by atoms with Crippen LogP contribution in [0.25, 0.3) is 10.8 Å². The number of hydrogen-bond donors (Lipinski definition) is 1. The van der Waals surface area contributed by atoms with Crippen molar-refractivity contribution in [2.24, 2.45) is 10.8 Å². The highest BCUT2D eigenvalue weighted by atomic mass is 32.1. The zero-order valence-electron chi connectivity index (χ0n) is 12.3. The van der Waals surface area contributed by atoms with Crippen molar-refractivity contribution in [2.45, 2.75) is 12.5 Å². The number of thiophene rings is 1. The number of nitrogens with two attached hydrogens (primary N) is 1. The molecule has 2 aromatic carbocycles. The van der Waals surface area contributed by atoms with Gasteiger partial charge in [0.2, 0.25) is 0 Å². The van der Waals surface area contributed by atoms with E-state index >= 15 is 0 Å². The van der Waals surface area contributed by atoms with Gasteiger partial charge in [0.15, 0.2) is 5.11 Å². The average Bonchev–Trinajstić information content (AvgIpc) is 3.23. The molecule has 0 spiro atoms. The van der Waals surface area contributed by atoms with E-state index in [-0.39, 0.29) is 6.04 Å². The minimum absolute atomic E-state index is 0.106. The Hall–Kier alpha value is -2.24. The van der Waals surface area contributed by atoms with E-state index in [1.54, 1.807) is 16.3 Å². The average molecular weight is 337 g/mol. The van der Waals surface area contributed by atoms with Crippen LogP contribution in [0.2, 0.25) is 0 Å². The van der Waals surface area contributed by atoms with Gasteiger partial charge in [-0.3, -0.25) is 0 Å². The number of fused-ring (bicyclic) bond motifs is 1. The first kappa shape index (κ1) is 14.4. The fourth-order valence-corrected chi connectivity index (χ4v) is 3.94. The maximum Gasteiger partial charge on any atom is 0.187 e. The van der Waals surface area contributed by atoms with Gasteiger partial charge >= 0.3 is 0 Å². The van der Waals surface area contributed by atoms with Gasteiger partial charge in [0.05, 0.1) is 11.8 Å². The third kappa shape index (κ3) is 2.62. The summed E-state index contributed by atoms with van der Waals surface area (Å²) < 4.78 is 0. The van der Waals surface area contributed by atoms with Gasteiger partial charge in [-0.05, 0) is 46.1 Å². The van der Waals surface area contributed by atoms with Crippen molar-refractivity contribution in [3.8, 4) is 0 Å². The molecule has 2 heterocycles. The SMILES string of the molecule is NC(=S)N1N=C(c2ccc3ccccc3c2)CC1c1cccs1. The summed E-state index contributed by atoms with van der Waals surface area (Å²) in [4.78, 5) is 1.23. The molecule has 0 amide bonds. The molecule has 4 rings (SSSR count). The van der Waals surface area contributed by atoms with E-state index in [9.17, 15) is 0 Å². The van der Waals surface area contributed by atoms with E-state index in [1.165, 1.54) is 15.6 Å². The van der Waals surface area contributed by atoms with E-state index in [0.29, 0.717) is 5.11 Å². The molecule has 1 aliphatic rings. The second-order valence-electron chi connectivity index (χ2n) is 5.53. The lowest BCUT2D eigenvalue weighted by molar-refractivity contribution is 0.378. The second-order valence-corrected chi connectivity index (χ2v) is 6.92. The predicted molar refractivity (Wildman–Crippen MR) is 101 cm³/mol. The third-order valence-corrected chi connectivity index (χ3v) is 5.25. The monoisotopic (exact) mass is 337 g/mol. The van der Waals surface area contributed by atoms with Crippen LogP contribution in [0.1, 0.15) is 22.9 Å². The fraction of sp³-hybridized carbons (Fsp3) is 0.111. The van der Waals surface area contributed by atoms with Crippen molar-refractivity contribution in [3.05, 3.63) is 70.4 Å². The van der Waals surface area contributed by atoms with Gasteiger partial charge in [-0.1, -0.05) is 42.5 Å². The molecule has 114 valence electrons. The first-order chi connectivity index (χ1) is 11.2. The molecule has 0 aliphatic carbocycles. The number of hydrazone groups is 1. The second kappa shape index (κ2) is 5.76. The van der Waals surface area contributed by atoms with Crippen molar-refractivity contribution < 1.29 is 0 Å². The zero-order valence-corrected chi connectivity index (χ0v) is 14.0. The maximum atomic E-state index is 5.88. The molecule has 0 radical (unpaired) electrons. The summed E-state index contributed by atoms with van der Waals surface area (Å²) in [6.07, 6.45) is 0.816. The molecule has 0 fully saturated rings. The highest BCUT2D eigenvalue weighted by Gasteiger charge is 2.31. The largest absolute Gasteiger partial charge is 0.375 e. The van der Waals surface area contributed by atoms with Gasteiger partial charge in [-0.25, -0.2) is 5.01 Å². The molecule has 0 saturated heterocycles. The summed E-state index contributed by atoms with van der Waals surface area (Å²) in [7, 11) is 0. The summed E-state index contributed by atoms with van der Waals surface area (Å²) in [6, 6.07) is 19.0. The van der Waals surface area contributed by atoms with Crippen LogP contribution in [0.5, 0.6) is 0 Å². The van der Waals surface area contributed by atoms with Crippen LogP contribution in [0.4, 0.5) is 0 Å². The minimum Gasteiger partial charge on any atom is -0.375 e. The highest BCUT2D eigenvalue weighted by Crippen LogP contribution is 2.35. The van der Waals surface area contributed by atoms with E-state index in [2.05, 4.69) is 53.9 Å². The van der Waals surface area contributed by atoms with Gasteiger partial charge in [-0.15, -0.1) is 11.3 Å². The first-order valence-electron chi connectivity index (χ1n) is 7.41. The van der Waals surface area contributed by atoms with Crippen LogP contribution in [-0.2, 0) is 0 Å². The van der Waals surface area contributed by atoms with Gasteiger partial charge in [-0.2, -0.15) is 5.10 Å². The summed E-state index contributed by atoms with van der Waals surface area (Å²) in [5.74, 6) is 0. The molecular formula is C18H15N3S2. The smallest absolute Gasteiger partial charge is 0.187 e. The predicted octanol–water partition coefficient (Wildman–Crippen LogP) is 4.30. The van der Waals surface area contributed by atoms with Gasteiger partial charge < -0.3 is 5.73 Å². The zero-order chi connectivity index (χ0) is 15.8. The normalized spacial score (nSPS) is 17.5. The summed E-state index contributed by atoms with van der Waals surface area (Å²) >= 11 is 6.90. The van der Waals surface area contributed by atoms with Crippen molar-refractivity contribution >= 4 is 45.2 Å². The van der Waals surface area contributed by atoms with Gasteiger partial charge in [0, 0.05) is 11.3 Å². The van der Waals surface area contributed by atoms with Crippen LogP contribution >= 0.6 is 23.6 Å². The Morgan fingerprint density at radius 3 is 2.70 bits per heavy atom. The minimum atomic E-state index is 0.106. The quantitative estimate of drug-likeness (QED) is 0.709. The van der Waals surface area contributed by atoms with Crippen LogP contribution in [0.15, 0.2) is 65.1 Å². The molecule has 0 bridgehead atoms. The van der Waals surface area contributed by atoms with Gasteiger partial charge in [0.25, 0.3) is 0 Å². The molecule has 3 nitrogen and oxygen atoms in total. The first-order valence-corrected chi connectivity index (χ1v) is 8.70. The fourth-order valence-electron chi connectivity index (χ4n) is 2.96. The molecule has 1 aromatic heterocycles. The molecule has 5 heteroatoms. The van der Waals surface area contributed by atoms with E-state index < -0.39 is 0 Å². The van der Waals surface area contributed by atoms with Crippen LogP contribution in [0, 0.1) is 0 Å². The van der Waals surface area contributed by atoms with Crippen molar-refractivity contribution in [1.29, 1.82) is 0 Å². The molecule has 1 unspecified atom stereocenters. The molecule has 23 heavy (non-hydrogen) atoms. The van der Waals surface area contributed by atoms with E-state index in [1.807, 2.05) is 6.07 Å². The van der Waals surface area contributed by atoms with Crippen molar-refractivity contribution in [2.75, 3.05) is 0 Å². The van der Waals surface area contributed by atoms with Crippen molar-refractivity contribution in [1.82, 2.24) is 5.01 Å². The lowest BCUT2D eigenvalue weighted by Gasteiger charge is -2.20. The number of hydrogen-bond acceptors (Lipinski definition) is 3. The van der Waals surface area contributed by atoms with E-state index in [0.717, 1.165) is 17.7 Å². The standard InChI is InChI=1S/C18H15N3S2/c19-18(22)21-16(17-6-3-9-23-17)11-15(20-21)14-8-7-12-4-1-2-5-13(12)10-14/h1-10,16H,11H2,(H2,19,22). The number of nitrogens with zero attached hydrogens (tertiary/aromatic N) is 2. The Morgan fingerprint density at radius 1 is 1.13 bits per heavy atom. The number of benzene rings is 2. The maximum absolute atomic E-state index is 5.88. The summed E-state index contributed by atoms with van der Waals surface area (Å²) in [5, 5.41) is 11.3. The van der Waals surface area contributed by atoms with Crippen molar-refractivity contribution in [3.63, 3.8) is 0 Å². The molecule has 3 aromatic rings. The molecule has 2 N–H and O–H groups in total. The Labute approximate surface area is 144 Å².